The second-order valence-electron chi connectivity index (χ2n) is 9.50. The molecular weight excluding hydrogens is 452 g/mol. The predicted octanol–water partition coefficient (Wildman–Crippen LogP) is 4.43. The molecule has 7 nitrogen and oxygen atoms in total. The topological polar surface area (TPSA) is 67.7 Å². The number of carbonyl (C=O) groups excluding carboxylic acids is 2. The fourth-order valence-electron chi connectivity index (χ4n) is 5.17. The minimum absolute atomic E-state index is 0.149. The van der Waals surface area contributed by atoms with Crippen molar-refractivity contribution in [2.45, 2.75) is 58.4 Å². The van der Waals surface area contributed by atoms with E-state index in [2.05, 4.69) is 17.2 Å². The molecule has 3 heterocycles. The van der Waals surface area contributed by atoms with Crippen LogP contribution in [0.15, 0.2) is 30.5 Å². The molecule has 2 aliphatic heterocycles. The van der Waals surface area contributed by atoms with Crippen molar-refractivity contribution in [3.8, 4) is 5.75 Å². The van der Waals surface area contributed by atoms with Gasteiger partial charge >= 0.3 is 0 Å². The van der Waals surface area contributed by atoms with Gasteiger partial charge in [-0.25, -0.2) is 0 Å². The van der Waals surface area contributed by atoms with Gasteiger partial charge in [0.1, 0.15) is 12.4 Å². The highest BCUT2D eigenvalue weighted by Crippen LogP contribution is 2.39. The van der Waals surface area contributed by atoms with Crippen LogP contribution in [0.4, 0.5) is 0 Å². The number of aromatic nitrogens is 2. The molecule has 0 atom stereocenters. The summed E-state index contributed by atoms with van der Waals surface area (Å²) in [6.07, 6.45) is 8.00. The number of rotatable bonds is 2. The smallest absolute Gasteiger partial charge is 0.275 e. The number of halogens is 1. The number of benzene rings is 1. The average molecular weight is 487 g/mol. The van der Waals surface area contributed by atoms with Gasteiger partial charge in [0, 0.05) is 32.9 Å². The molecule has 2 aliphatic rings. The van der Waals surface area contributed by atoms with Crippen molar-refractivity contribution in [2.24, 2.45) is 5.41 Å². The number of fused-ring (bicyclic) bond motifs is 1. The highest BCUT2D eigenvalue weighted by molar-refractivity contribution is 6.33. The fraction of sp³-hybridized carbons (Fsp3) is 0.577. The van der Waals surface area contributed by atoms with Crippen LogP contribution in [0.1, 0.15) is 61.5 Å². The number of nitrogens with zero attached hydrogens (tertiary/aromatic N) is 4. The lowest BCUT2D eigenvalue weighted by molar-refractivity contribution is -0.144. The van der Waals surface area contributed by atoms with Crippen LogP contribution in [0.5, 0.6) is 5.75 Å². The zero-order valence-electron chi connectivity index (χ0n) is 20.3. The highest BCUT2D eigenvalue weighted by Gasteiger charge is 2.43. The second-order valence-corrected chi connectivity index (χ2v) is 9.90. The fourth-order valence-corrected chi connectivity index (χ4v) is 5.40. The maximum atomic E-state index is 13.6. The Kier molecular flexibility index (Phi) is 7.81. The van der Waals surface area contributed by atoms with Gasteiger partial charge in [-0.15, -0.1) is 0 Å². The molecule has 34 heavy (non-hydrogen) atoms. The van der Waals surface area contributed by atoms with Crippen LogP contribution in [0, 0.1) is 5.41 Å². The van der Waals surface area contributed by atoms with E-state index in [0.717, 1.165) is 37.9 Å². The molecule has 0 bridgehead atoms. The summed E-state index contributed by atoms with van der Waals surface area (Å²) in [5.74, 6) is 0.945. The predicted molar refractivity (Wildman–Crippen MR) is 132 cm³/mol. The molecule has 0 radical (unpaired) electrons. The van der Waals surface area contributed by atoms with E-state index in [9.17, 15) is 9.59 Å². The van der Waals surface area contributed by atoms with Crippen molar-refractivity contribution < 1.29 is 14.3 Å². The Bertz CT molecular complexity index is 1010. The Labute approximate surface area is 207 Å². The highest BCUT2D eigenvalue weighted by atomic mass is 35.5. The summed E-state index contributed by atoms with van der Waals surface area (Å²) < 4.78 is 7.72. The largest absolute Gasteiger partial charge is 0.491 e. The number of aryl methyl sites for hydroxylation is 2. The lowest BCUT2D eigenvalue weighted by atomic mass is 9.73. The van der Waals surface area contributed by atoms with Gasteiger partial charge in [-0.2, -0.15) is 5.10 Å². The van der Waals surface area contributed by atoms with Crippen molar-refractivity contribution >= 4 is 23.4 Å². The van der Waals surface area contributed by atoms with E-state index in [1.165, 1.54) is 5.56 Å². The molecule has 0 saturated carbocycles. The van der Waals surface area contributed by atoms with Crippen molar-refractivity contribution in [1.29, 1.82) is 0 Å². The number of ether oxygens (including phenoxy) is 1. The first-order chi connectivity index (χ1) is 16.4. The van der Waals surface area contributed by atoms with Gasteiger partial charge in [-0.3, -0.25) is 14.3 Å². The lowest BCUT2D eigenvalue weighted by Gasteiger charge is -2.42. The number of hydrogen-bond acceptors (Lipinski definition) is 4. The van der Waals surface area contributed by atoms with E-state index < -0.39 is 5.41 Å². The second kappa shape index (κ2) is 10.8. The van der Waals surface area contributed by atoms with Crippen LogP contribution in [0.3, 0.4) is 0 Å². The number of amides is 2. The monoisotopic (exact) mass is 486 g/mol. The standard InChI is InChI=1S/C26H35ClN4O3/c1-3-31-19-21(27)23(28-31)24(32)30-15-13-26(14-16-30)12-8-4-5-9-20-10-6-7-11-22(20)34-18-17-29(2)25(26)33/h6-7,10-11,19H,3-5,8-9,12-18H2,1-2H3. The summed E-state index contributed by atoms with van der Waals surface area (Å²) in [7, 11) is 1.87. The SMILES string of the molecule is CCn1cc(Cl)c(C(=O)N2CCC3(CCCCCc4ccccc4OCCN(C)C3=O)CC2)n1. The van der Waals surface area contributed by atoms with E-state index in [4.69, 9.17) is 16.3 Å². The minimum atomic E-state index is -0.432. The first-order valence-electron chi connectivity index (χ1n) is 12.4. The zero-order valence-corrected chi connectivity index (χ0v) is 21.0. The Balaban J connectivity index is 1.44. The minimum Gasteiger partial charge on any atom is -0.491 e. The normalized spacial score (nSPS) is 19.6. The Morgan fingerprint density at radius 2 is 1.88 bits per heavy atom. The number of hydrogen-bond donors (Lipinski definition) is 0. The third kappa shape index (κ3) is 5.24. The quantitative estimate of drug-likeness (QED) is 0.629. The van der Waals surface area contributed by atoms with Crippen LogP contribution >= 0.6 is 11.6 Å². The third-order valence-corrected chi connectivity index (χ3v) is 7.59. The summed E-state index contributed by atoms with van der Waals surface area (Å²) >= 11 is 6.27. The molecule has 0 N–H and O–H groups in total. The number of piperidine rings is 1. The number of likely N-dealkylation sites (N-methyl/N-ethyl adjacent to an activating group) is 1. The van der Waals surface area contributed by atoms with Crippen molar-refractivity contribution in [3.05, 3.63) is 46.7 Å². The molecule has 1 aromatic carbocycles. The van der Waals surface area contributed by atoms with Gasteiger partial charge in [-0.1, -0.05) is 42.6 Å². The zero-order chi connectivity index (χ0) is 24.1. The van der Waals surface area contributed by atoms with Crippen molar-refractivity contribution in [1.82, 2.24) is 19.6 Å². The van der Waals surface area contributed by atoms with Crippen molar-refractivity contribution in [2.75, 3.05) is 33.3 Å². The Morgan fingerprint density at radius 1 is 1.12 bits per heavy atom. The van der Waals surface area contributed by atoms with Gasteiger partial charge in [-0.05, 0) is 50.7 Å². The summed E-state index contributed by atoms with van der Waals surface area (Å²) in [5.41, 5.74) is 1.11. The van der Waals surface area contributed by atoms with Crippen LogP contribution in [0.25, 0.3) is 0 Å². The van der Waals surface area contributed by atoms with Gasteiger partial charge < -0.3 is 14.5 Å². The summed E-state index contributed by atoms with van der Waals surface area (Å²) in [5, 5.41) is 4.71. The summed E-state index contributed by atoms with van der Waals surface area (Å²) in [4.78, 5) is 30.3. The van der Waals surface area contributed by atoms with Crippen molar-refractivity contribution in [3.63, 3.8) is 0 Å². The number of carbonyl (C=O) groups is 2. The van der Waals surface area contributed by atoms with Gasteiger partial charge in [0.15, 0.2) is 5.69 Å². The molecule has 8 heteroatoms. The summed E-state index contributed by atoms with van der Waals surface area (Å²) in [6, 6.07) is 8.20. The van der Waals surface area contributed by atoms with E-state index in [1.54, 1.807) is 15.8 Å². The molecule has 2 amide bonds. The Hall–Kier alpha value is -2.54. The van der Waals surface area contributed by atoms with E-state index >= 15 is 0 Å². The van der Waals surface area contributed by atoms with Crippen LogP contribution in [-0.2, 0) is 17.8 Å². The molecule has 1 fully saturated rings. The number of likely N-dealkylation sites (tertiary alicyclic amines) is 1. The lowest BCUT2D eigenvalue weighted by Crippen LogP contribution is -2.51. The molecule has 184 valence electrons. The van der Waals surface area contributed by atoms with E-state index in [-0.39, 0.29) is 11.8 Å². The van der Waals surface area contributed by atoms with Crippen LogP contribution < -0.4 is 4.74 Å². The maximum Gasteiger partial charge on any atom is 0.275 e. The molecule has 1 saturated heterocycles. The molecular formula is C26H35ClN4O3. The maximum absolute atomic E-state index is 13.6. The summed E-state index contributed by atoms with van der Waals surface area (Å²) in [6.45, 7) is 4.71. The molecule has 0 unspecified atom stereocenters. The molecule has 4 rings (SSSR count). The molecule has 2 aromatic rings. The van der Waals surface area contributed by atoms with E-state index in [0.29, 0.717) is 56.3 Å². The molecule has 1 aromatic heterocycles. The van der Waals surface area contributed by atoms with Crippen LogP contribution in [0.2, 0.25) is 5.02 Å². The first-order valence-corrected chi connectivity index (χ1v) is 12.8. The average Bonchev–Trinajstić information content (AvgIpc) is 3.24. The van der Waals surface area contributed by atoms with Crippen LogP contribution in [-0.4, -0.2) is 64.7 Å². The third-order valence-electron chi connectivity index (χ3n) is 7.31. The molecule has 1 spiro atoms. The van der Waals surface area contributed by atoms with Gasteiger partial charge in [0.05, 0.1) is 17.0 Å². The first kappa shape index (κ1) is 24.6. The molecule has 0 aliphatic carbocycles. The number of para-hydroxylation sites is 1. The van der Waals surface area contributed by atoms with Gasteiger partial charge in [0.25, 0.3) is 5.91 Å². The Morgan fingerprint density at radius 3 is 2.62 bits per heavy atom. The van der Waals surface area contributed by atoms with Gasteiger partial charge in [0.2, 0.25) is 5.91 Å². The van der Waals surface area contributed by atoms with E-state index in [1.807, 2.05) is 31.0 Å².